The molecule has 0 spiro atoms. The molecule has 0 aliphatic heterocycles. The number of nitrogens with zero attached hydrogens (tertiary/aromatic N) is 2. The molecule has 3 nitrogen and oxygen atoms in total. The fourth-order valence-corrected chi connectivity index (χ4v) is 2.79. The summed E-state index contributed by atoms with van der Waals surface area (Å²) in [6.07, 6.45) is 2.89. The Morgan fingerprint density at radius 2 is 2.22 bits per heavy atom. The Kier molecular flexibility index (Phi) is 4.44. The van der Waals surface area contributed by atoms with E-state index in [9.17, 15) is 0 Å². The zero-order chi connectivity index (χ0) is 13.0. The molecule has 1 aromatic heterocycles. The van der Waals surface area contributed by atoms with Crippen molar-refractivity contribution in [1.29, 1.82) is 0 Å². The van der Waals surface area contributed by atoms with Gasteiger partial charge >= 0.3 is 0 Å². The largest absolute Gasteiger partial charge is 0.323 e. The summed E-state index contributed by atoms with van der Waals surface area (Å²) < 4.78 is 4.03. The van der Waals surface area contributed by atoms with Gasteiger partial charge in [0.25, 0.3) is 0 Å². The predicted octanol–water partition coefficient (Wildman–Crippen LogP) is 3.04. The highest BCUT2D eigenvalue weighted by Gasteiger charge is 2.15. The molecule has 0 fully saturated rings. The van der Waals surface area contributed by atoms with Crippen molar-refractivity contribution in [3.8, 4) is 0 Å². The zero-order valence-electron chi connectivity index (χ0n) is 10.9. The molecule has 18 heavy (non-hydrogen) atoms. The summed E-state index contributed by atoms with van der Waals surface area (Å²) in [5.41, 5.74) is 9.91. The maximum atomic E-state index is 6.28. The number of aryl methyl sites for hydroxylation is 2. The molecule has 2 aromatic rings. The van der Waals surface area contributed by atoms with Gasteiger partial charge in [-0.15, -0.1) is 5.10 Å². The third-order valence-corrected chi connectivity index (χ3v) is 3.85. The monoisotopic (exact) mass is 261 g/mol. The van der Waals surface area contributed by atoms with E-state index >= 15 is 0 Å². The number of hydrogen-bond acceptors (Lipinski definition) is 4. The third kappa shape index (κ3) is 3.15. The molecule has 0 saturated carbocycles. The van der Waals surface area contributed by atoms with Crippen molar-refractivity contribution < 1.29 is 0 Å². The van der Waals surface area contributed by atoms with Crippen molar-refractivity contribution >= 4 is 11.5 Å². The van der Waals surface area contributed by atoms with Crippen LogP contribution in [0.2, 0.25) is 0 Å². The van der Waals surface area contributed by atoms with Gasteiger partial charge in [-0.25, -0.2) is 0 Å². The Morgan fingerprint density at radius 1 is 1.39 bits per heavy atom. The first kappa shape index (κ1) is 13.2. The van der Waals surface area contributed by atoms with Crippen LogP contribution in [-0.2, 0) is 12.8 Å². The zero-order valence-corrected chi connectivity index (χ0v) is 11.7. The highest BCUT2D eigenvalue weighted by molar-refractivity contribution is 7.05. The quantitative estimate of drug-likeness (QED) is 0.900. The Bertz CT molecular complexity index is 507. The first-order chi connectivity index (χ1) is 8.70. The topological polar surface area (TPSA) is 51.8 Å². The maximum absolute atomic E-state index is 6.28. The van der Waals surface area contributed by atoms with Crippen LogP contribution >= 0.6 is 11.5 Å². The van der Waals surface area contributed by atoms with Gasteiger partial charge in [-0.05, 0) is 36.9 Å². The normalized spacial score (nSPS) is 12.6. The molecule has 0 aliphatic carbocycles. The molecule has 0 saturated heterocycles. The first-order valence-electron chi connectivity index (χ1n) is 6.33. The number of nitrogens with two attached hydrogens (primary N) is 1. The molecule has 2 rings (SSSR count). The van der Waals surface area contributed by atoms with Crippen LogP contribution in [0.1, 0.15) is 41.1 Å². The smallest absolute Gasteiger partial charge is 0.0803 e. The van der Waals surface area contributed by atoms with Crippen molar-refractivity contribution in [2.45, 2.75) is 39.2 Å². The second-order valence-corrected chi connectivity index (χ2v) is 5.42. The van der Waals surface area contributed by atoms with Crippen LogP contribution < -0.4 is 5.73 Å². The van der Waals surface area contributed by atoms with E-state index in [1.807, 2.05) is 0 Å². The van der Waals surface area contributed by atoms with Crippen LogP contribution in [0, 0.1) is 6.92 Å². The number of rotatable bonds is 5. The van der Waals surface area contributed by atoms with E-state index in [-0.39, 0.29) is 6.04 Å². The van der Waals surface area contributed by atoms with Gasteiger partial charge in [-0.2, -0.15) is 0 Å². The highest BCUT2D eigenvalue weighted by atomic mass is 32.1. The molecular formula is C14H19N3S. The van der Waals surface area contributed by atoms with E-state index in [1.54, 1.807) is 0 Å². The summed E-state index contributed by atoms with van der Waals surface area (Å²) in [4.78, 5) is 1.14. The molecule has 1 unspecified atom stereocenters. The van der Waals surface area contributed by atoms with Crippen LogP contribution in [0.25, 0.3) is 0 Å². The summed E-state index contributed by atoms with van der Waals surface area (Å²) >= 11 is 1.43. The second kappa shape index (κ2) is 6.07. The molecule has 1 atom stereocenters. The average molecular weight is 261 g/mol. The van der Waals surface area contributed by atoms with E-state index < -0.39 is 0 Å². The second-order valence-electron chi connectivity index (χ2n) is 4.63. The summed E-state index contributed by atoms with van der Waals surface area (Å²) in [7, 11) is 0. The van der Waals surface area contributed by atoms with Gasteiger partial charge in [0, 0.05) is 6.04 Å². The lowest BCUT2D eigenvalue weighted by Gasteiger charge is -2.11. The molecule has 0 amide bonds. The summed E-state index contributed by atoms with van der Waals surface area (Å²) in [6.45, 7) is 4.25. The number of benzene rings is 1. The molecule has 4 heteroatoms. The van der Waals surface area contributed by atoms with Crippen molar-refractivity contribution in [3.05, 3.63) is 46.0 Å². The van der Waals surface area contributed by atoms with E-state index in [0.29, 0.717) is 0 Å². The fraction of sp³-hybridized carbons (Fsp3) is 0.429. The van der Waals surface area contributed by atoms with Gasteiger partial charge in [0.1, 0.15) is 0 Å². The molecule has 0 bridgehead atoms. The van der Waals surface area contributed by atoms with Crippen LogP contribution in [-0.4, -0.2) is 9.59 Å². The van der Waals surface area contributed by atoms with E-state index in [2.05, 4.69) is 47.7 Å². The predicted molar refractivity (Wildman–Crippen MR) is 75.7 cm³/mol. The van der Waals surface area contributed by atoms with E-state index in [0.717, 1.165) is 29.8 Å². The van der Waals surface area contributed by atoms with Gasteiger partial charge in [0.05, 0.1) is 10.6 Å². The van der Waals surface area contributed by atoms with Crippen LogP contribution in [0.4, 0.5) is 0 Å². The van der Waals surface area contributed by atoms with Crippen molar-refractivity contribution in [1.82, 2.24) is 9.59 Å². The number of aromatic nitrogens is 2. The lowest BCUT2D eigenvalue weighted by Crippen LogP contribution is -2.14. The van der Waals surface area contributed by atoms with Crippen molar-refractivity contribution in [2.75, 3.05) is 0 Å². The minimum atomic E-state index is 0.00773. The minimum Gasteiger partial charge on any atom is -0.323 e. The van der Waals surface area contributed by atoms with Crippen molar-refractivity contribution in [2.24, 2.45) is 5.73 Å². The van der Waals surface area contributed by atoms with Gasteiger partial charge in [0.2, 0.25) is 0 Å². The van der Waals surface area contributed by atoms with Crippen LogP contribution in [0.5, 0.6) is 0 Å². The lowest BCUT2D eigenvalue weighted by atomic mass is 10.0. The van der Waals surface area contributed by atoms with Crippen LogP contribution in [0.15, 0.2) is 24.3 Å². The Balaban J connectivity index is 2.11. The van der Waals surface area contributed by atoms with Crippen molar-refractivity contribution in [3.63, 3.8) is 0 Å². The summed E-state index contributed by atoms with van der Waals surface area (Å²) in [6, 6.07) is 8.50. The minimum absolute atomic E-state index is 0.00773. The van der Waals surface area contributed by atoms with Gasteiger partial charge in [-0.3, -0.25) is 0 Å². The Labute approximate surface area is 112 Å². The molecule has 1 heterocycles. The molecule has 1 aromatic carbocycles. The maximum Gasteiger partial charge on any atom is 0.0803 e. The molecule has 2 N–H and O–H groups in total. The molecule has 96 valence electrons. The molecular weight excluding hydrogens is 242 g/mol. The highest BCUT2D eigenvalue weighted by Crippen LogP contribution is 2.23. The summed E-state index contributed by atoms with van der Waals surface area (Å²) in [5.74, 6) is 0. The van der Waals surface area contributed by atoms with Gasteiger partial charge < -0.3 is 5.73 Å². The molecule has 0 radical (unpaired) electrons. The number of hydrogen-bond donors (Lipinski definition) is 1. The standard InChI is InChI=1S/C14H19N3S/c1-3-5-13-14(18-17-16-13)12(15)9-11-7-4-6-10(2)8-11/h4,6-8,12H,3,5,9,15H2,1-2H3. The lowest BCUT2D eigenvalue weighted by molar-refractivity contribution is 0.714. The third-order valence-electron chi connectivity index (χ3n) is 2.95. The average Bonchev–Trinajstić information content (AvgIpc) is 2.78. The Hall–Kier alpha value is -1.26. The van der Waals surface area contributed by atoms with Gasteiger partial charge in [0.15, 0.2) is 0 Å². The van der Waals surface area contributed by atoms with E-state index in [1.165, 1.54) is 22.7 Å². The first-order valence-corrected chi connectivity index (χ1v) is 7.10. The van der Waals surface area contributed by atoms with Crippen LogP contribution in [0.3, 0.4) is 0 Å². The van der Waals surface area contributed by atoms with Gasteiger partial charge in [-0.1, -0.05) is 47.7 Å². The van der Waals surface area contributed by atoms with E-state index in [4.69, 9.17) is 5.73 Å². The Morgan fingerprint density at radius 3 is 2.94 bits per heavy atom. The molecule has 0 aliphatic rings. The SMILES string of the molecule is CCCc1nnsc1C(N)Cc1cccc(C)c1. The summed E-state index contributed by atoms with van der Waals surface area (Å²) in [5, 5.41) is 4.17. The fourth-order valence-electron chi connectivity index (χ4n) is 2.09.